The van der Waals surface area contributed by atoms with E-state index in [-0.39, 0.29) is 11.7 Å². The largest absolute Gasteiger partial charge is 0.380 e. The van der Waals surface area contributed by atoms with Gasteiger partial charge in [0.2, 0.25) is 0 Å². The summed E-state index contributed by atoms with van der Waals surface area (Å²) in [6.07, 6.45) is 5.09. The Bertz CT molecular complexity index is 489. The van der Waals surface area contributed by atoms with Gasteiger partial charge in [0.15, 0.2) is 0 Å². The first-order chi connectivity index (χ1) is 10.2. The van der Waals surface area contributed by atoms with Crippen LogP contribution >= 0.6 is 0 Å². The van der Waals surface area contributed by atoms with Crippen molar-refractivity contribution in [2.24, 2.45) is 0 Å². The number of nitrogens with zero attached hydrogens (tertiary/aromatic N) is 3. The Balaban J connectivity index is 1.87. The molecule has 0 aromatic carbocycles. The van der Waals surface area contributed by atoms with Gasteiger partial charge >= 0.3 is 0 Å². The number of hydrogen-bond acceptors (Lipinski definition) is 5. The first-order valence-electron chi connectivity index (χ1n) is 7.80. The van der Waals surface area contributed by atoms with Crippen LogP contribution in [0.25, 0.3) is 0 Å². The zero-order valence-electron chi connectivity index (χ0n) is 13.0. The molecule has 1 aliphatic rings. The average molecular weight is 294 g/mol. The Morgan fingerprint density at radius 2 is 2.33 bits per heavy atom. The molecular weight excluding hydrogens is 268 g/mol. The number of hydrogen-bond donors (Lipinski definition) is 1. The van der Waals surface area contributed by atoms with Crippen LogP contribution in [0.15, 0.2) is 17.1 Å². The molecule has 2 rings (SSSR count). The molecule has 0 amide bonds. The van der Waals surface area contributed by atoms with Gasteiger partial charge in [0, 0.05) is 32.8 Å². The molecule has 1 aromatic rings. The summed E-state index contributed by atoms with van der Waals surface area (Å²) in [5.41, 5.74) is 0.889. The summed E-state index contributed by atoms with van der Waals surface area (Å²) in [5.74, 6) is 0. The van der Waals surface area contributed by atoms with Crippen molar-refractivity contribution in [3.63, 3.8) is 0 Å². The van der Waals surface area contributed by atoms with E-state index in [9.17, 15) is 4.79 Å². The zero-order valence-corrected chi connectivity index (χ0v) is 13.0. The van der Waals surface area contributed by atoms with Crippen molar-refractivity contribution in [3.8, 4) is 0 Å². The molecule has 0 radical (unpaired) electrons. The van der Waals surface area contributed by atoms with Gasteiger partial charge in [0.1, 0.15) is 0 Å². The summed E-state index contributed by atoms with van der Waals surface area (Å²) < 4.78 is 6.91. The summed E-state index contributed by atoms with van der Waals surface area (Å²) in [6.45, 7) is 6.53. The lowest BCUT2D eigenvalue weighted by molar-refractivity contribution is 0.121. The van der Waals surface area contributed by atoms with E-state index in [4.69, 9.17) is 4.74 Å². The summed E-state index contributed by atoms with van der Waals surface area (Å²) in [5, 5.41) is 7.57. The summed E-state index contributed by atoms with van der Waals surface area (Å²) in [6, 6.07) is 1.69. The van der Waals surface area contributed by atoms with Crippen molar-refractivity contribution in [2.75, 3.05) is 38.2 Å². The van der Waals surface area contributed by atoms with Crippen LogP contribution in [0.5, 0.6) is 0 Å². The number of aromatic nitrogens is 2. The quantitative estimate of drug-likeness (QED) is 0.721. The number of rotatable bonds is 8. The lowest BCUT2D eigenvalue weighted by Crippen LogP contribution is -2.27. The standard InChI is InChI=1S/C15H26N4O2/c1-3-16-7-4-5-8-19-15(20)10-13(11-17-19)18-9-6-14(12-18)21-2/h10-11,14,16H,3-9,12H2,1-2H3. The van der Waals surface area contributed by atoms with Gasteiger partial charge in [-0.25, -0.2) is 4.68 Å². The van der Waals surface area contributed by atoms with Crippen LogP contribution in [0, 0.1) is 0 Å². The maximum Gasteiger partial charge on any atom is 0.268 e. The number of aryl methyl sites for hydroxylation is 1. The third-order valence-corrected chi connectivity index (χ3v) is 3.92. The van der Waals surface area contributed by atoms with E-state index in [2.05, 4.69) is 22.2 Å². The van der Waals surface area contributed by atoms with E-state index >= 15 is 0 Å². The number of methoxy groups -OCH3 is 1. The molecule has 1 unspecified atom stereocenters. The normalized spacial score (nSPS) is 18.4. The predicted octanol–water partition coefficient (Wildman–Crippen LogP) is 0.858. The van der Waals surface area contributed by atoms with Crippen LogP contribution in [0.2, 0.25) is 0 Å². The maximum atomic E-state index is 12.1. The van der Waals surface area contributed by atoms with Gasteiger partial charge in [-0.05, 0) is 32.4 Å². The minimum atomic E-state index is -0.0168. The number of ether oxygens (including phenoxy) is 1. The molecule has 1 fully saturated rings. The van der Waals surface area contributed by atoms with Gasteiger partial charge in [-0.2, -0.15) is 5.10 Å². The number of anilines is 1. The fourth-order valence-electron chi connectivity index (χ4n) is 2.61. The van der Waals surface area contributed by atoms with Crippen molar-refractivity contribution in [1.82, 2.24) is 15.1 Å². The third-order valence-electron chi connectivity index (χ3n) is 3.92. The molecule has 1 N–H and O–H groups in total. The highest BCUT2D eigenvalue weighted by Crippen LogP contribution is 2.19. The molecule has 0 spiro atoms. The molecule has 1 atom stereocenters. The van der Waals surface area contributed by atoms with E-state index in [0.29, 0.717) is 6.54 Å². The van der Waals surface area contributed by atoms with Crippen LogP contribution in [0.1, 0.15) is 26.2 Å². The van der Waals surface area contributed by atoms with Crippen molar-refractivity contribution in [3.05, 3.63) is 22.6 Å². The monoisotopic (exact) mass is 294 g/mol. The highest BCUT2D eigenvalue weighted by molar-refractivity contribution is 5.44. The highest BCUT2D eigenvalue weighted by Gasteiger charge is 2.22. The fraction of sp³-hybridized carbons (Fsp3) is 0.733. The van der Waals surface area contributed by atoms with E-state index in [1.165, 1.54) is 0 Å². The van der Waals surface area contributed by atoms with Gasteiger partial charge < -0.3 is 15.0 Å². The average Bonchev–Trinajstić information content (AvgIpc) is 2.97. The summed E-state index contributed by atoms with van der Waals surface area (Å²) >= 11 is 0. The molecule has 0 saturated carbocycles. The SMILES string of the molecule is CCNCCCCn1ncc(N2CCC(OC)C2)cc1=O. The molecule has 2 heterocycles. The van der Waals surface area contributed by atoms with Gasteiger partial charge in [-0.1, -0.05) is 6.92 Å². The van der Waals surface area contributed by atoms with Gasteiger partial charge in [0.25, 0.3) is 5.56 Å². The van der Waals surface area contributed by atoms with Crippen LogP contribution in [-0.2, 0) is 11.3 Å². The smallest absolute Gasteiger partial charge is 0.268 e. The van der Waals surface area contributed by atoms with E-state index in [1.54, 1.807) is 24.1 Å². The summed E-state index contributed by atoms with van der Waals surface area (Å²) in [4.78, 5) is 14.3. The molecule has 1 aliphatic heterocycles. The van der Waals surface area contributed by atoms with E-state index in [1.807, 2.05) is 0 Å². The lowest BCUT2D eigenvalue weighted by atomic mass is 10.3. The number of nitrogens with one attached hydrogen (secondary N) is 1. The summed E-state index contributed by atoms with van der Waals surface area (Å²) in [7, 11) is 1.73. The van der Waals surface area contributed by atoms with E-state index in [0.717, 1.165) is 51.1 Å². The molecule has 0 aliphatic carbocycles. The Morgan fingerprint density at radius 3 is 3.00 bits per heavy atom. The minimum Gasteiger partial charge on any atom is -0.380 e. The van der Waals surface area contributed by atoms with Gasteiger partial charge in [-0.3, -0.25) is 4.79 Å². The molecule has 0 bridgehead atoms. The highest BCUT2D eigenvalue weighted by atomic mass is 16.5. The minimum absolute atomic E-state index is 0.0168. The van der Waals surface area contributed by atoms with Crippen LogP contribution in [-0.4, -0.2) is 49.2 Å². The lowest BCUT2D eigenvalue weighted by Gasteiger charge is -2.18. The molecule has 21 heavy (non-hydrogen) atoms. The van der Waals surface area contributed by atoms with Crippen molar-refractivity contribution >= 4 is 5.69 Å². The first kappa shape index (κ1) is 16.0. The fourth-order valence-corrected chi connectivity index (χ4v) is 2.61. The molecule has 6 heteroatoms. The Labute approximate surface area is 126 Å². The molecule has 1 saturated heterocycles. The van der Waals surface area contributed by atoms with Crippen LogP contribution < -0.4 is 15.8 Å². The van der Waals surface area contributed by atoms with Crippen LogP contribution in [0.3, 0.4) is 0 Å². The second-order valence-corrected chi connectivity index (χ2v) is 5.43. The predicted molar refractivity (Wildman–Crippen MR) is 83.9 cm³/mol. The Morgan fingerprint density at radius 1 is 1.48 bits per heavy atom. The first-order valence-corrected chi connectivity index (χ1v) is 7.80. The third kappa shape index (κ3) is 4.54. The van der Waals surface area contributed by atoms with Crippen molar-refractivity contribution < 1.29 is 4.74 Å². The zero-order chi connectivity index (χ0) is 15.1. The number of unbranched alkanes of at least 4 members (excludes halogenated alkanes) is 1. The second kappa shape index (κ2) is 8.14. The topological polar surface area (TPSA) is 59.4 Å². The molecule has 118 valence electrons. The molecular formula is C15H26N4O2. The second-order valence-electron chi connectivity index (χ2n) is 5.43. The van der Waals surface area contributed by atoms with Crippen molar-refractivity contribution in [1.29, 1.82) is 0 Å². The Kier molecular flexibility index (Phi) is 6.20. The Hall–Kier alpha value is -1.40. The van der Waals surface area contributed by atoms with Gasteiger partial charge in [-0.15, -0.1) is 0 Å². The van der Waals surface area contributed by atoms with Crippen LogP contribution in [0.4, 0.5) is 5.69 Å². The molecule has 6 nitrogen and oxygen atoms in total. The maximum absolute atomic E-state index is 12.1. The molecule has 1 aromatic heterocycles. The van der Waals surface area contributed by atoms with Gasteiger partial charge in [0.05, 0.1) is 18.0 Å². The van der Waals surface area contributed by atoms with E-state index < -0.39 is 0 Å². The van der Waals surface area contributed by atoms with Crippen molar-refractivity contribution in [2.45, 2.75) is 38.8 Å².